The van der Waals surface area contributed by atoms with Crippen molar-refractivity contribution in [3.8, 4) is 0 Å². The number of aliphatic hydroxyl groups excluding tert-OH is 10. The van der Waals surface area contributed by atoms with Crippen LogP contribution in [0.4, 0.5) is 0 Å². The second kappa shape index (κ2) is 15.9. The Morgan fingerprint density at radius 3 is 1.47 bits per heavy atom. The van der Waals surface area contributed by atoms with Crippen molar-refractivity contribution < 1.29 is 51.1 Å². The third-order valence-electron chi connectivity index (χ3n) is 5.92. The smallest absolute Gasteiger partial charge is 0.111 e. The van der Waals surface area contributed by atoms with E-state index in [4.69, 9.17) is 15.9 Å². The maximum absolute atomic E-state index is 10.4. The van der Waals surface area contributed by atoms with E-state index in [9.17, 15) is 40.9 Å². The Balaban J connectivity index is 0. The summed E-state index contributed by atoms with van der Waals surface area (Å²) in [6, 6.07) is -0.0687. The van der Waals surface area contributed by atoms with Gasteiger partial charge in [0.05, 0.1) is 25.4 Å². The molecule has 0 saturated heterocycles. The van der Waals surface area contributed by atoms with Gasteiger partial charge in [-0.25, -0.2) is 0 Å². The van der Waals surface area contributed by atoms with Crippen LogP contribution in [0.2, 0.25) is 0 Å². The first kappa shape index (κ1) is 34.3. The standard InChI is InChI=1S/C18H38N2O10.2ClH/c19-9-1-3-18(4-2-9,5-10(23)14(27)16(29)12(25)7-21)20-6-11(24)15(28)17(30)13(26)8-22;;/h9-17,20-30H,1-8,19H2;2*1H/t9?,10-,11-,12-,13+,14+,15+,16+,17+,18?;;/m0../s1. The highest BCUT2D eigenvalue weighted by atomic mass is 35.5. The molecule has 1 aliphatic rings. The first-order valence-corrected chi connectivity index (χ1v) is 10.1. The van der Waals surface area contributed by atoms with Crippen molar-refractivity contribution >= 4 is 24.8 Å². The molecular formula is C18H40Cl2N2O10. The van der Waals surface area contributed by atoms with Crippen LogP contribution >= 0.6 is 24.8 Å². The minimum Gasteiger partial charge on any atom is -0.394 e. The van der Waals surface area contributed by atoms with Gasteiger partial charge in [-0.1, -0.05) is 0 Å². The highest BCUT2D eigenvalue weighted by molar-refractivity contribution is 5.85. The molecule has 1 fully saturated rings. The molecule has 0 bridgehead atoms. The molecule has 0 aromatic rings. The lowest BCUT2D eigenvalue weighted by Gasteiger charge is -2.43. The Labute approximate surface area is 199 Å². The highest BCUT2D eigenvalue weighted by Crippen LogP contribution is 2.33. The van der Waals surface area contributed by atoms with Crippen molar-refractivity contribution in [2.24, 2.45) is 5.73 Å². The highest BCUT2D eigenvalue weighted by Gasteiger charge is 2.41. The molecule has 0 heterocycles. The van der Waals surface area contributed by atoms with Crippen LogP contribution in [0.5, 0.6) is 0 Å². The van der Waals surface area contributed by atoms with Gasteiger partial charge in [-0.15, -0.1) is 24.8 Å². The predicted octanol–water partition coefficient (Wildman–Crippen LogP) is -4.68. The molecule has 0 radical (unpaired) electrons. The zero-order valence-electron chi connectivity index (χ0n) is 17.7. The topological polar surface area (TPSA) is 240 Å². The number of hydrogen-bond donors (Lipinski definition) is 12. The van der Waals surface area contributed by atoms with Crippen LogP contribution in [0, 0.1) is 0 Å². The van der Waals surface area contributed by atoms with E-state index < -0.39 is 67.6 Å². The second-order valence-electron chi connectivity index (χ2n) is 8.30. The summed E-state index contributed by atoms with van der Waals surface area (Å²) in [7, 11) is 0. The van der Waals surface area contributed by atoms with Gasteiger partial charge in [-0.3, -0.25) is 0 Å². The average Bonchev–Trinajstić information content (AvgIpc) is 2.75. The minimum atomic E-state index is -1.77. The van der Waals surface area contributed by atoms with E-state index in [2.05, 4.69) is 5.32 Å². The number of nitrogens with one attached hydrogen (secondary N) is 1. The van der Waals surface area contributed by atoms with E-state index in [0.29, 0.717) is 25.7 Å². The molecule has 8 atom stereocenters. The zero-order valence-corrected chi connectivity index (χ0v) is 19.4. The summed E-state index contributed by atoms with van der Waals surface area (Å²) in [6.45, 7) is -1.84. The van der Waals surface area contributed by atoms with Crippen LogP contribution in [0.1, 0.15) is 32.1 Å². The van der Waals surface area contributed by atoms with Gasteiger partial charge in [0.15, 0.2) is 0 Å². The van der Waals surface area contributed by atoms with Crippen LogP contribution in [-0.2, 0) is 0 Å². The number of nitrogens with two attached hydrogens (primary N) is 1. The fourth-order valence-corrected chi connectivity index (χ4v) is 3.74. The molecule has 1 saturated carbocycles. The molecular weight excluding hydrogens is 475 g/mol. The van der Waals surface area contributed by atoms with Crippen molar-refractivity contribution in [2.75, 3.05) is 19.8 Å². The van der Waals surface area contributed by atoms with Gasteiger partial charge in [0, 0.05) is 18.1 Å². The molecule has 12 nitrogen and oxygen atoms in total. The fourth-order valence-electron chi connectivity index (χ4n) is 3.74. The maximum atomic E-state index is 10.4. The molecule has 0 aromatic heterocycles. The largest absolute Gasteiger partial charge is 0.394 e. The Morgan fingerprint density at radius 2 is 1.06 bits per heavy atom. The first-order valence-electron chi connectivity index (χ1n) is 10.1. The quantitative estimate of drug-likeness (QED) is 0.111. The Bertz CT molecular complexity index is 491. The van der Waals surface area contributed by atoms with Crippen LogP contribution in [0.25, 0.3) is 0 Å². The van der Waals surface area contributed by atoms with Gasteiger partial charge in [0.1, 0.15) is 36.6 Å². The van der Waals surface area contributed by atoms with Crippen molar-refractivity contribution in [1.29, 1.82) is 0 Å². The number of halogens is 2. The molecule has 14 heteroatoms. The third-order valence-corrected chi connectivity index (χ3v) is 5.92. The fraction of sp³-hybridized carbons (Fsp3) is 1.00. The molecule has 196 valence electrons. The van der Waals surface area contributed by atoms with Gasteiger partial charge in [0.25, 0.3) is 0 Å². The van der Waals surface area contributed by atoms with Gasteiger partial charge in [-0.2, -0.15) is 0 Å². The average molecular weight is 515 g/mol. The summed E-state index contributed by atoms with van der Waals surface area (Å²) in [6.07, 6.45) is -11.3. The van der Waals surface area contributed by atoms with E-state index in [-0.39, 0.29) is 43.8 Å². The molecule has 0 unspecified atom stereocenters. The summed E-state index contributed by atoms with van der Waals surface area (Å²) >= 11 is 0. The summed E-state index contributed by atoms with van der Waals surface area (Å²) in [5.74, 6) is 0. The molecule has 0 spiro atoms. The Morgan fingerprint density at radius 1 is 0.688 bits per heavy atom. The molecule has 0 amide bonds. The Hall–Kier alpha value is 0.100. The monoisotopic (exact) mass is 514 g/mol. The number of aliphatic hydroxyl groups is 10. The summed E-state index contributed by atoms with van der Waals surface area (Å²) in [5, 5.41) is 99.9. The van der Waals surface area contributed by atoms with E-state index in [1.807, 2.05) is 0 Å². The molecule has 32 heavy (non-hydrogen) atoms. The number of rotatable bonds is 13. The number of β-amino-alcohol motifs (C(OH)–C–C–N with tert-alkyl or cyclic N) is 1. The van der Waals surface area contributed by atoms with Crippen LogP contribution < -0.4 is 11.1 Å². The summed E-state index contributed by atoms with van der Waals surface area (Å²) < 4.78 is 0. The molecule has 1 aliphatic carbocycles. The molecule has 13 N–H and O–H groups in total. The second-order valence-corrected chi connectivity index (χ2v) is 8.30. The number of hydrogen-bond acceptors (Lipinski definition) is 12. The SMILES string of the molecule is Cl.Cl.NC1CCC(C[C@H](O)[C@@H](O)[C@H](O)[C@@H](O)CO)(NC[C@H](O)[C@@H](O)[C@H](O)[C@H](O)CO)CC1. The van der Waals surface area contributed by atoms with Crippen LogP contribution in [0.3, 0.4) is 0 Å². The van der Waals surface area contributed by atoms with Gasteiger partial charge in [-0.05, 0) is 32.1 Å². The van der Waals surface area contributed by atoms with Crippen molar-refractivity contribution in [2.45, 2.75) is 92.5 Å². The van der Waals surface area contributed by atoms with Crippen molar-refractivity contribution in [3.05, 3.63) is 0 Å². The minimum absolute atomic E-state index is 0. The maximum Gasteiger partial charge on any atom is 0.111 e. The van der Waals surface area contributed by atoms with Crippen molar-refractivity contribution in [1.82, 2.24) is 5.32 Å². The van der Waals surface area contributed by atoms with Crippen LogP contribution in [0.15, 0.2) is 0 Å². The molecule has 1 rings (SSSR count). The van der Waals surface area contributed by atoms with E-state index in [1.165, 1.54) is 0 Å². The summed E-state index contributed by atoms with van der Waals surface area (Å²) in [4.78, 5) is 0. The van der Waals surface area contributed by atoms with E-state index >= 15 is 0 Å². The van der Waals surface area contributed by atoms with E-state index in [0.717, 1.165) is 0 Å². The zero-order chi connectivity index (χ0) is 23.1. The molecule has 0 aliphatic heterocycles. The first-order chi connectivity index (χ1) is 14.0. The molecule has 0 aromatic carbocycles. The van der Waals surface area contributed by atoms with Gasteiger partial charge in [0.2, 0.25) is 0 Å². The van der Waals surface area contributed by atoms with Gasteiger partial charge >= 0.3 is 0 Å². The third kappa shape index (κ3) is 9.76. The van der Waals surface area contributed by atoms with E-state index in [1.54, 1.807) is 0 Å². The lowest BCUT2D eigenvalue weighted by atomic mass is 9.75. The van der Waals surface area contributed by atoms with Crippen LogP contribution in [-0.4, -0.2) is 131 Å². The normalized spacial score (nSPS) is 28.8. The Kier molecular flexibility index (Phi) is 17.0. The van der Waals surface area contributed by atoms with Crippen molar-refractivity contribution in [3.63, 3.8) is 0 Å². The predicted molar refractivity (Wildman–Crippen MR) is 119 cm³/mol. The van der Waals surface area contributed by atoms with Gasteiger partial charge < -0.3 is 62.1 Å². The lowest BCUT2D eigenvalue weighted by Crippen LogP contribution is -2.58. The lowest BCUT2D eigenvalue weighted by molar-refractivity contribution is -0.124. The summed E-state index contributed by atoms with van der Waals surface area (Å²) in [5.41, 5.74) is 5.10.